The average Bonchev–Trinajstić information content (AvgIpc) is 2.73. The van der Waals surface area contributed by atoms with Gasteiger partial charge in [-0.25, -0.2) is 0 Å². The van der Waals surface area contributed by atoms with E-state index in [9.17, 15) is 4.57 Å². The van der Waals surface area contributed by atoms with Gasteiger partial charge in [-0.15, -0.1) is 6.58 Å². The normalized spacial score (nSPS) is 13.5. The highest BCUT2D eigenvalue weighted by Gasteiger charge is 2.38. The number of aromatic nitrogens is 1. The third-order valence-corrected chi connectivity index (χ3v) is 4.83. The Balaban J connectivity index is 3.07. The van der Waals surface area contributed by atoms with Gasteiger partial charge in [0, 0.05) is 6.07 Å². The van der Waals surface area contributed by atoms with Crippen LogP contribution in [0.2, 0.25) is 0 Å². The first-order chi connectivity index (χ1) is 8.57. The maximum Gasteiger partial charge on any atom is 0.341 e. The van der Waals surface area contributed by atoms with Gasteiger partial charge in [-0.05, 0) is 27.2 Å². The van der Waals surface area contributed by atoms with Crippen molar-refractivity contribution in [3.63, 3.8) is 0 Å². The summed E-state index contributed by atoms with van der Waals surface area (Å²) in [5.41, 5.74) is 0.245. The highest BCUT2D eigenvalue weighted by molar-refractivity contribution is 7.54. The number of rotatable bonds is 8. The van der Waals surface area contributed by atoms with Gasteiger partial charge in [0.2, 0.25) is 0 Å². The van der Waals surface area contributed by atoms with Crippen molar-refractivity contribution in [2.75, 3.05) is 13.2 Å². The van der Waals surface area contributed by atoms with Crippen LogP contribution < -0.4 is 0 Å². The van der Waals surface area contributed by atoms with E-state index in [1.165, 1.54) is 0 Å². The van der Waals surface area contributed by atoms with Crippen LogP contribution in [0.3, 0.4) is 0 Å². The quantitative estimate of drug-likeness (QED) is 0.531. The molecule has 0 aromatic carbocycles. The van der Waals surface area contributed by atoms with Crippen LogP contribution in [0.15, 0.2) is 23.2 Å². The van der Waals surface area contributed by atoms with Crippen molar-refractivity contribution in [1.29, 1.82) is 0 Å². The van der Waals surface area contributed by atoms with Crippen LogP contribution >= 0.6 is 7.60 Å². The van der Waals surface area contributed by atoms with Crippen LogP contribution in [-0.4, -0.2) is 18.4 Å². The summed E-state index contributed by atoms with van der Waals surface area (Å²) in [5.74, 6) is 0.512. The van der Waals surface area contributed by atoms with Crippen molar-refractivity contribution in [1.82, 2.24) is 5.16 Å². The Hall–Kier alpha value is -0.900. The number of allylic oxidation sites excluding steroid dienone is 1. The van der Waals surface area contributed by atoms with Crippen molar-refractivity contribution >= 4 is 7.60 Å². The zero-order valence-electron chi connectivity index (χ0n) is 11.1. The topological polar surface area (TPSA) is 61.6 Å². The monoisotopic (exact) mass is 273 g/mol. The minimum atomic E-state index is -3.26. The van der Waals surface area contributed by atoms with E-state index in [0.29, 0.717) is 25.4 Å². The van der Waals surface area contributed by atoms with E-state index in [0.717, 1.165) is 5.69 Å². The van der Waals surface area contributed by atoms with E-state index in [-0.39, 0.29) is 0 Å². The van der Waals surface area contributed by atoms with Gasteiger partial charge in [0.25, 0.3) is 0 Å². The summed E-state index contributed by atoms with van der Waals surface area (Å²) in [5, 5.41) is 3.81. The highest BCUT2D eigenvalue weighted by Crippen LogP contribution is 2.62. The first kappa shape index (κ1) is 15.2. The molecule has 0 N–H and O–H groups in total. The van der Waals surface area contributed by atoms with E-state index >= 15 is 0 Å². The summed E-state index contributed by atoms with van der Waals surface area (Å²) in [6.07, 6.45) is 2.12. The first-order valence-electron chi connectivity index (χ1n) is 6.00. The van der Waals surface area contributed by atoms with E-state index in [1.807, 2.05) is 6.92 Å². The molecule has 0 bridgehead atoms. The average molecular weight is 273 g/mol. The molecule has 6 heteroatoms. The highest BCUT2D eigenvalue weighted by atomic mass is 31.2. The molecule has 0 aliphatic heterocycles. The summed E-state index contributed by atoms with van der Waals surface area (Å²) in [7, 11) is -3.26. The molecule has 102 valence electrons. The zero-order valence-corrected chi connectivity index (χ0v) is 12.0. The molecule has 1 rings (SSSR count). The van der Waals surface area contributed by atoms with Gasteiger partial charge in [0.15, 0.2) is 5.76 Å². The number of aryl methyl sites for hydroxylation is 1. The van der Waals surface area contributed by atoms with Crippen molar-refractivity contribution in [3.05, 3.63) is 30.2 Å². The first-order valence-corrected chi connectivity index (χ1v) is 7.61. The Kier molecular flexibility index (Phi) is 5.79. The molecule has 1 heterocycles. The lowest BCUT2D eigenvalue weighted by Crippen LogP contribution is -2.05. The fourth-order valence-corrected chi connectivity index (χ4v) is 3.67. The lowest BCUT2D eigenvalue weighted by Gasteiger charge is -2.23. The summed E-state index contributed by atoms with van der Waals surface area (Å²) in [4.78, 5) is 0. The Morgan fingerprint density at radius 2 is 2.11 bits per heavy atom. The second-order valence-electron chi connectivity index (χ2n) is 3.79. The summed E-state index contributed by atoms with van der Waals surface area (Å²) >= 11 is 0. The predicted molar refractivity (Wildman–Crippen MR) is 69.7 cm³/mol. The molecule has 0 fully saturated rings. The Bertz CT molecular complexity index is 419. The summed E-state index contributed by atoms with van der Waals surface area (Å²) < 4.78 is 28.6. The Morgan fingerprint density at radius 1 is 1.50 bits per heavy atom. The maximum absolute atomic E-state index is 12.7. The van der Waals surface area contributed by atoms with Gasteiger partial charge in [-0.1, -0.05) is 11.2 Å². The molecule has 0 amide bonds. The molecule has 1 aromatic rings. The van der Waals surface area contributed by atoms with E-state index in [2.05, 4.69) is 11.7 Å². The standard InChI is InChI=1S/C12H20NO4P/c1-5-8-12(11-9-10(4)13-17-11)18(14,15-6-2)16-7-3/h5,9,12H,1,6-8H2,2-4H3. The van der Waals surface area contributed by atoms with Gasteiger partial charge in [0.1, 0.15) is 5.66 Å². The number of hydrogen-bond acceptors (Lipinski definition) is 5. The van der Waals surface area contributed by atoms with E-state index in [1.54, 1.807) is 26.0 Å². The molecule has 1 aromatic heterocycles. The van der Waals surface area contributed by atoms with Gasteiger partial charge in [-0.2, -0.15) is 0 Å². The molecule has 18 heavy (non-hydrogen) atoms. The van der Waals surface area contributed by atoms with Crippen molar-refractivity contribution in [2.45, 2.75) is 32.9 Å². The fourth-order valence-electron chi connectivity index (χ4n) is 1.68. The SMILES string of the molecule is C=CCC(c1cc(C)no1)P(=O)(OCC)OCC. The Morgan fingerprint density at radius 3 is 2.50 bits per heavy atom. The smallest absolute Gasteiger partial charge is 0.341 e. The fraction of sp³-hybridized carbons (Fsp3) is 0.583. The van der Waals surface area contributed by atoms with Crippen LogP contribution in [0, 0.1) is 6.92 Å². The van der Waals surface area contributed by atoms with Crippen molar-refractivity contribution in [3.8, 4) is 0 Å². The van der Waals surface area contributed by atoms with Crippen LogP contribution in [0.1, 0.15) is 37.4 Å². The van der Waals surface area contributed by atoms with Gasteiger partial charge in [-0.3, -0.25) is 4.57 Å². The van der Waals surface area contributed by atoms with Crippen LogP contribution in [0.25, 0.3) is 0 Å². The largest absolute Gasteiger partial charge is 0.360 e. The third-order valence-electron chi connectivity index (χ3n) is 2.36. The van der Waals surface area contributed by atoms with Gasteiger partial charge >= 0.3 is 7.60 Å². The third kappa shape index (κ3) is 3.55. The lowest BCUT2D eigenvalue weighted by molar-refractivity contribution is 0.207. The van der Waals surface area contributed by atoms with Crippen molar-refractivity contribution < 1.29 is 18.1 Å². The van der Waals surface area contributed by atoms with Crippen LogP contribution in [0.4, 0.5) is 0 Å². The van der Waals surface area contributed by atoms with Crippen molar-refractivity contribution in [2.24, 2.45) is 0 Å². The van der Waals surface area contributed by atoms with E-state index < -0.39 is 13.3 Å². The molecule has 0 spiro atoms. The van der Waals surface area contributed by atoms with E-state index in [4.69, 9.17) is 13.6 Å². The molecule has 0 aliphatic rings. The minimum absolute atomic E-state index is 0.317. The molecular weight excluding hydrogens is 253 g/mol. The molecule has 5 nitrogen and oxygen atoms in total. The van der Waals surface area contributed by atoms with Crippen LogP contribution in [0.5, 0.6) is 0 Å². The molecular formula is C12H20NO4P. The second-order valence-corrected chi connectivity index (χ2v) is 6.01. The number of hydrogen-bond donors (Lipinski definition) is 0. The molecule has 0 saturated carbocycles. The predicted octanol–water partition coefficient (Wildman–Crippen LogP) is 3.87. The summed E-state index contributed by atoms with van der Waals surface area (Å²) in [6, 6.07) is 1.75. The van der Waals surface area contributed by atoms with Gasteiger partial charge < -0.3 is 13.6 Å². The lowest BCUT2D eigenvalue weighted by atomic mass is 10.2. The number of nitrogens with zero attached hydrogens (tertiary/aromatic N) is 1. The minimum Gasteiger partial charge on any atom is -0.360 e. The van der Waals surface area contributed by atoms with Crippen LogP contribution in [-0.2, 0) is 13.6 Å². The maximum atomic E-state index is 12.7. The summed E-state index contributed by atoms with van der Waals surface area (Å²) in [6.45, 7) is 9.68. The van der Waals surface area contributed by atoms with Gasteiger partial charge in [0.05, 0.1) is 18.9 Å². The molecule has 0 radical (unpaired) electrons. The molecule has 0 aliphatic carbocycles. The zero-order chi connectivity index (χ0) is 13.6. The Labute approximate surface area is 108 Å². The molecule has 1 unspecified atom stereocenters. The molecule has 0 saturated heterocycles. The second kappa shape index (κ2) is 6.88. The molecule has 1 atom stereocenters.